The van der Waals surface area contributed by atoms with Gasteiger partial charge in [0.25, 0.3) is 0 Å². The number of nitrogens with one attached hydrogen (secondary N) is 1. The van der Waals surface area contributed by atoms with Crippen LogP contribution in [0, 0.1) is 0 Å². The van der Waals surface area contributed by atoms with Crippen LogP contribution in [0.4, 0.5) is 0 Å². The lowest BCUT2D eigenvalue weighted by Gasteiger charge is -2.06. The number of hydrogen-bond donors (Lipinski definition) is 1. The molecule has 0 unspecified atom stereocenters. The van der Waals surface area contributed by atoms with E-state index in [0.717, 1.165) is 16.1 Å². The number of fused-ring (bicyclic) bond motifs is 1. The van der Waals surface area contributed by atoms with Gasteiger partial charge in [-0.2, -0.15) is 0 Å². The van der Waals surface area contributed by atoms with E-state index in [2.05, 4.69) is 23.8 Å². The van der Waals surface area contributed by atoms with Gasteiger partial charge in [0, 0.05) is 17.8 Å². The highest BCUT2D eigenvalue weighted by Crippen LogP contribution is 2.29. The van der Waals surface area contributed by atoms with Crippen molar-refractivity contribution in [1.82, 2.24) is 9.97 Å². The van der Waals surface area contributed by atoms with Gasteiger partial charge in [-0.3, -0.25) is 0 Å². The van der Waals surface area contributed by atoms with E-state index in [4.69, 9.17) is 11.6 Å². The third-order valence-corrected chi connectivity index (χ3v) is 2.48. The van der Waals surface area contributed by atoms with Crippen molar-refractivity contribution in [2.24, 2.45) is 0 Å². The number of hydrogen-bond acceptors (Lipinski definition) is 1. The molecule has 0 fully saturated rings. The zero-order valence-corrected chi connectivity index (χ0v) is 8.39. The lowest BCUT2D eigenvalue weighted by molar-refractivity contribution is 0.874. The molecule has 2 heterocycles. The number of rotatable bonds is 1. The minimum absolute atomic E-state index is 0.471. The first kappa shape index (κ1) is 8.57. The maximum atomic E-state index is 6.05. The van der Waals surface area contributed by atoms with E-state index in [9.17, 15) is 0 Å². The summed E-state index contributed by atoms with van der Waals surface area (Å²) >= 11 is 6.05. The van der Waals surface area contributed by atoms with E-state index in [1.165, 1.54) is 5.56 Å². The monoisotopic (exact) mass is 194 g/mol. The van der Waals surface area contributed by atoms with Crippen LogP contribution in [0.15, 0.2) is 18.5 Å². The van der Waals surface area contributed by atoms with Gasteiger partial charge in [-0.05, 0) is 17.5 Å². The number of aromatic nitrogens is 2. The highest BCUT2D eigenvalue weighted by atomic mass is 35.5. The number of H-pyrrole nitrogens is 1. The van der Waals surface area contributed by atoms with E-state index in [1.54, 1.807) is 6.20 Å². The summed E-state index contributed by atoms with van der Waals surface area (Å²) < 4.78 is 0. The summed E-state index contributed by atoms with van der Waals surface area (Å²) in [6, 6.07) is 2.02. The minimum Gasteiger partial charge on any atom is -0.345 e. The summed E-state index contributed by atoms with van der Waals surface area (Å²) in [4.78, 5) is 7.25. The maximum absolute atomic E-state index is 6.05. The van der Waals surface area contributed by atoms with Crippen LogP contribution in [-0.4, -0.2) is 9.97 Å². The Morgan fingerprint density at radius 1 is 1.46 bits per heavy atom. The molecule has 3 heteroatoms. The minimum atomic E-state index is 0.471. The molecular weight excluding hydrogens is 184 g/mol. The molecule has 13 heavy (non-hydrogen) atoms. The molecule has 0 aliphatic heterocycles. The van der Waals surface area contributed by atoms with Crippen LogP contribution in [0.3, 0.4) is 0 Å². The predicted octanol–water partition coefficient (Wildman–Crippen LogP) is 3.34. The van der Waals surface area contributed by atoms with Crippen LogP contribution in [0.5, 0.6) is 0 Å². The molecule has 2 aromatic heterocycles. The fraction of sp³-hybridized carbons (Fsp3) is 0.300. The number of aromatic amines is 1. The summed E-state index contributed by atoms with van der Waals surface area (Å²) in [6.45, 7) is 4.30. The molecule has 0 bridgehead atoms. The van der Waals surface area contributed by atoms with E-state index in [1.807, 2.05) is 12.3 Å². The molecule has 0 saturated carbocycles. The van der Waals surface area contributed by atoms with Crippen LogP contribution < -0.4 is 0 Å². The van der Waals surface area contributed by atoms with Gasteiger partial charge in [0.1, 0.15) is 5.65 Å². The average molecular weight is 195 g/mol. The first-order valence-electron chi connectivity index (χ1n) is 4.31. The summed E-state index contributed by atoms with van der Waals surface area (Å²) in [5.41, 5.74) is 2.12. The largest absolute Gasteiger partial charge is 0.345 e. The summed E-state index contributed by atoms with van der Waals surface area (Å²) in [5.74, 6) is 0.471. The quantitative estimate of drug-likeness (QED) is 0.741. The molecular formula is C10H11ClN2. The van der Waals surface area contributed by atoms with Gasteiger partial charge < -0.3 is 4.98 Å². The number of halogens is 1. The van der Waals surface area contributed by atoms with Crippen LogP contribution in [0.1, 0.15) is 25.3 Å². The van der Waals surface area contributed by atoms with Gasteiger partial charge in [-0.1, -0.05) is 25.4 Å². The average Bonchev–Trinajstić information content (AvgIpc) is 2.48. The Morgan fingerprint density at radius 2 is 2.23 bits per heavy atom. The fourth-order valence-electron chi connectivity index (χ4n) is 1.52. The van der Waals surface area contributed by atoms with Crippen molar-refractivity contribution in [3.63, 3.8) is 0 Å². The lowest BCUT2D eigenvalue weighted by atomic mass is 10.0. The van der Waals surface area contributed by atoms with E-state index in [0.29, 0.717) is 5.92 Å². The van der Waals surface area contributed by atoms with E-state index >= 15 is 0 Å². The van der Waals surface area contributed by atoms with Gasteiger partial charge in [-0.25, -0.2) is 4.98 Å². The van der Waals surface area contributed by atoms with Crippen molar-refractivity contribution in [3.05, 3.63) is 29.0 Å². The molecule has 0 saturated heterocycles. The molecule has 2 nitrogen and oxygen atoms in total. The number of nitrogens with zero attached hydrogens (tertiary/aromatic N) is 1. The highest BCUT2D eigenvalue weighted by molar-refractivity contribution is 6.35. The van der Waals surface area contributed by atoms with Gasteiger partial charge in [0.2, 0.25) is 0 Å². The molecule has 2 rings (SSSR count). The molecule has 0 radical (unpaired) electrons. The molecule has 0 aliphatic rings. The third kappa shape index (κ3) is 1.31. The van der Waals surface area contributed by atoms with Gasteiger partial charge in [0.05, 0.1) is 5.02 Å². The summed E-state index contributed by atoms with van der Waals surface area (Å²) in [7, 11) is 0. The van der Waals surface area contributed by atoms with Crippen molar-refractivity contribution in [3.8, 4) is 0 Å². The Bertz CT molecular complexity index is 431. The Hall–Kier alpha value is -1.02. The second-order valence-electron chi connectivity index (χ2n) is 3.42. The van der Waals surface area contributed by atoms with Crippen LogP contribution >= 0.6 is 11.6 Å². The van der Waals surface area contributed by atoms with Crippen molar-refractivity contribution >= 4 is 22.6 Å². The zero-order chi connectivity index (χ0) is 9.42. The Kier molecular flexibility index (Phi) is 2.00. The molecule has 0 spiro atoms. The first-order valence-corrected chi connectivity index (χ1v) is 4.69. The van der Waals surface area contributed by atoms with Crippen LogP contribution in [-0.2, 0) is 0 Å². The van der Waals surface area contributed by atoms with Crippen LogP contribution in [0.2, 0.25) is 5.02 Å². The second kappa shape index (κ2) is 3.04. The molecule has 68 valence electrons. The summed E-state index contributed by atoms with van der Waals surface area (Å²) in [6.07, 6.45) is 3.59. The van der Waals surface area contributed by atoms with Crippen molar-refractivity contribution in [1.29, 1.82) is 0 Å². The Labute approximate surface area is 81.9 Å². The topological polar surface area (TPSA) is 28.7 Å². The van der Waals surface area contributed by atoms with Crippen molar-refractivity contribution in [2.75, 3.05) is 0 Å². The molecule has 0 amide bonds. The SMILES string of the molecule is CC(C)c1ccnc2[nH]cc(Cl)c12. The highest BCUT2D eigenvalue weighted by Gasteiger charge is 2.09. The normalized spacial score (nSPS) is 11.4. The molecule has 1 N–H and O–H groups in total. The standard InChI is InChI=1S/C10H11ClN2/c1-6(2)7-3-4-12-10-9(7)8(11)5-13-10/h3-6H,1-2H3,(H,12,13). The smallest absolute Gasteiger partial charge is 0.139 e. The molecule has 0 aromatic carbocycles. The molecule has 0 aliphatic carbocycles. The Balaban J connectivity index is 2.80. The molecule has 0 atom stereocenters. The van der Waals surface area contributed by atoms with Gasteiger partial charge in [-0.15, -0.1) is 0 Å². The van der Waals surface area contributed by atoms with Crippen molar-refractivity contribution < 1.29 is 0 Å². The van der Waals surface area contributed by atoms with Gasteiger partial charge in [0.15, 0.2) is 0 Å². The number of pyridine rings is 1. The van der Waals surface area contributed by atoms with E-state index in [-0.39, 0.29) is 0 Å². The lowest BCUT2D eigenvalue weighted by Crippen LogP contribution is -1.89. The maximum Gasteiger partial charge on any atom is 0.139 e. The van der Waals surface area contributed by atoms with Gasteiger partial charge >= 0.3 is 0 Å². The van der Waals surface area contributed by atoms with E-state index < -0.39 is 0 Å². The predicted molar refractivity (Wildman–Crippen MR) is 55.2 cm³/mol. The third-order valence-electron chi connectivity index (χ3n) is 2.18. The second-order valence-corrected chi connectivity index (χ2v) is 3.82. The summed E-state index contributed by atoms with van der Waals surface area (Å²) in [5, 5.41) is 1.81. The fourth-order valence-corrected chi connectivity index (χ4v) is 1.78. The molecule has 2 aromatic rings. The zero-order valence-electron chi connectivity index (χ0n) is 7.63. The van der Waals surface area contributed by atoms with Crippen LogP contribution in [0.25, 0.3) is 11.0 Å². The van der Waals surface area contributed by atoms with Crippen molar-refractivity contribution in [2.45, 2.75) is 19.8 Å². The first-order chi connectivity index (χ1) is 6.20. The Morgan fingerprint density at radius 3 is 2.92 bits per heavy atom.